The van der Waals surface area contributed by atoms with Gasteiger partial charge in [0.05, 0.1) is 42.1 Å². The van der Waals surface area contributed by atoms with Gasteiger partial charge in [0, 0.05) is 32.3 Å². The number of hydrogen-bond donors (Lipinski definition) is 3. The molecular weight excluding hydrogens is 432 g/mol. The van der Waals surface area contributed by atoms with E-state index in [1.165, 1.54) is 4.31 Å². The van der Waals surface area contributed by atoms with Gasteiger partial charge in [-0.1, -0.05) is 12.8 Å². The van der Waals surface area contributed by atoms with Crippen molar-refractivity contribution in [3.05, 3.63) is 18.2 Å². The minimum Gasteiger partial charge on any atom is -0.381 e. The van der Waals surface area contributed by atoms with Gasteiger partial charge in [0.15, 0.2) is 0 Å². The zero-order valence-corrected chi connectivity index (χ0v) is 19.3. The first kappa shape index (κ1) is 23.3. The van der Waals surface area contributed by atoms with Crippen LogP contribution >= 0.6 is 0 Å². The predicted molar refractivity (Wildman–Crippen MR) is 122 cm³/mol. The molecule has 10 heteroatoms. The maximum Gasteiger partial charge on any atom is 0.243 e. The molecule has 1 atom stereocenters. The summed E-state index contributed by atoms with van der Waals surface area (Å²) in [6.07, 6.45) is 6.54. The maximum absolute atomic E-state index is 13.1. The molecule has 1 aromatic rings. The van der Waals surface area contributed by atoms with Crippen LogP contribution in [0.2, 0.25) is 0 Å². The molecule has 2 saturated heterocycles. The number of anilines is 2. The highest BCUT2D eigenvalue weighted by molar-refractivity contribution is 7.89. The van der Waals surface area contributed by atoms with Crippen LogP contribution in [0.25, 0.3) is 0 Å². The summed E-state index contributed by atoms with van der Waals surface area (Å²) in [6.45, 7) is 2.97. The van der Waals surface area contributed by atoms with Crippen LogP contribution in [-0.2, 0) is 24.3 Å². The molecular formula is C22H34N4O5S. The molecule has 0 aromatic heterocycles. The summed E-state index contributed by atoms with van der Waals surface area (Å²) >= 11 is 0. The Morgan fingerprint density at radius 3 is 2.50 bits per heavy atom. The number of carbonyl (C=O) groups is 1. The van der Waals surface area contributed by atoms with E-state index in [9.17, 15) is 13.2 Å². The Kier molecular flexibility index (Phi) is 7.88. The van der Waals surface area contributed by atoms with E-state index in [1.807, 2.05) is 0 Å². The van der Waals surface area contributed by atoms with Gasteiger partial charge in [0.2, 0.25) is 15.9 Å². The lowest BCUT2D eigenvalue weighted by Crippen LogP contribution is -2.40. The van der Waals surface area contributed by atoms with E-state index in [0.29, 0.717) is 38.5 Å². The van der Waals surface area contributed by atoms with Crippen molar-refractivity contribution in [1.82, 2.24) is 9.62 Å². The Morgan fingerprint density at radius 1 is 1.00 bits per heavy atom. The summed E-state index contributed by atoms with van der Waals surface area (Å²) in [5, 5.41) is 9.58. The van der Waals surface area contributed by atoms with Crippen LogP contribution in [0.1, 0.15) is 38.5 Å². The molecule has 0 radical (unpaired) electrons. The van der Waals surface area contributed by atoms with Gasteiger partial charge >= 0.3 is 0 Å². The van der Waals surface area contributed by atoms with E-state index >= 15 is 0 Å². The number of rotatable bonds is 9. The molecule has 1 aliphatic carbocycles. The Balaban J connectivity index is 1.47. The molecule has 32 heavy (non-hydrogen) atoms. The highest BCUT2D eigenvalue weighted by Gasteiger charge is 2.27. The van der Waals surface area contributed by atoms with Crippen molar-refractivity contribution < 1.29 is 22.7 Å². The number of morpholine rings is 1. The zero-order chi connectivity index (χ0) is 22.4. The highest BCUT2D eigenvalue weighted by Crippen LogP contribution is 2.28. The fourth-order valence-electron chi connectivity index (χ4n) is 4.47. The van der Waals surface area contributed by atoms with Gasteiger partial charge in [0.25, 0.3) is 0 Å². The minimum absolute atomic E-state index is 0.0802. The largest absolute Gasteiger partial charge is 0.381 e. The first-order chi connectivity index (χ1) is 15.5. The SMILES string of the molecule is O=C(CNc1cc(S(=O)(=O)N2CCOCC2)ccc1NC[C@@H]1CCCO1)NC1CCCC1. The Labute approximate surface area is 190 Å². The fraction of sp³-hybridized carbons (Fsp3) is 0.682. The van der Waals surface area contributed by atoms with Crippen LogP contribution in [0, 0.1) is 0 Å². The number of nitrogens with one attached hydrogen (secondary N) is 3. The summed E-state index contributed by atoms with van der Waals surface area (Å²) < 4.78 is 38.6. The van der Waals surface area contributed by atoms with Crippen molar-refractivity contribution in [3.63, 3.8) is 0 Å². The van der Waals surface area contributed by atoms with Crippen molar-refractivity contribution in [2.45, 2.75) is 55.6 Å². The molecule has 3 N–H and O–H groups in total. The first-order valence-corrected chi connectivity index (χ1v) is 13.1. The molecule has 2 heterocycles. The monoisotopic (exact) mass is 466 g/mol. The Bertz CT molecular complexity index is 876. The second-order valence-electron chi connectivity index (χ2n) is 8.64. The van der Waals surface area contributed by atoms with Crippen molar-refractivity contribution in [2.24, 2.45) is 0 Å². The zero-order valence-electron chi connectivity index (χ0n) is 18.5. The van der Waals surface area contributed by atoms with Crippen molar-refractivity contribution >= 4 is 27.3 Å². The second-order valence-corrected chi connectivity index (χ2v) is 10.6. The van der Waals surface area contributed by atoms with E-state index in [-0.39, 0.29) is 29.5 Å². The van der Waals surface area contributed by atoms with E-state index in [2.05, 4.69) is 16.0 Å². The van der Waals surface area contributed by atoms with Crippen molar-refractivity contribution in [1.29, 1.82) is 0 Å². The number of nitrogens with zero attached hydrogens (tertiary/aromatic N) is 1. The number of benzene rings is 1. The molecule has 3 aliphatic rings. The molecule has 4 rings (SSSR count). The number of ether oxygens (including phenoxy) is 2. The normalized spacial score (nSPS) is 22.7. The van der Waals surface area contributed by atoms with E-state index < -0.39 is 10.0 Å². The lowest BCUT2D eigenvalue weighted by molar-refractivity contribution is -0.120. The minimum atomic E-state index is -3.63. The summed E-state index contributed by atoms with van der Waals surface area (Å²) in [7, 11) is -3.63. The van der Waals surface area contributed by atoms with Crippen LogP contribution < -0.4 is 16.0 Å². The van der Waals surface area contributed by atoms with Gasteiger partial charge in [-0.15, -0.1) is 0 Å². The summed E-state index contributed by atoms with van der Waals surface area (Å²) in [4.78, 5) is 12.6. The van der Waals surface area contributed by atoms with Gasteiger partial charge in [-0.3, -0.25) is 4.79 Å². The smallest absolute Gasteiger partial charge is 0.243 e. The molecule has 0 unspecified atom stereocenters. The summed E-state index contributed by atoms with van der Waals surface area (Å²) in [6, 6.07) is 5.24. The van der Waals surface area contributed by atoms with Crippen molar-refractivity contribution in [3.8, 4) is 0 Å². The van der Waals surface area contributed by atoms with Gasteiger partial charge in [-0.25, -0.2) is 8.42 Å². The average molecular weight is 467 g/mol. The van der Waals surface area contributed by atoms with Crippen LogP contribution in [0.4, 0.5) is 11.4 Å². The molecule has 2 aliphatic heterocycles. The lowest BCUT2D eigenvalue weighted by Gasteiger charge is -2.26. The Hall–Kier alpha value is -1.88. The van der Waals surface area contributed by atoms with Crippen LogP contribution in [0.15, 0.2) is 23.1 Å². The number of carbonyl (C=O) groups excluding carboxylic acids is 1. The predicted octanol–water partition coefficient (Wildman–Crippen LogP) is 1.77. The average Bonchev–Trinajstić information content (AvgIpc) is 3.51. The molecule has 0 bridgehead atoms. The third-order valence-electron chi connectivity index (χ3n) is 6.30. The fourth-order valence-corrected chi connectivity index (χ4v) is 5.91. The van der Waals surface area contributed by atoms with Crippen LogP contribution in [0.3, 0.4) is 0 Å². The van der Waals surface area contributed by atoms with Gasteiger partial charge in [-0.05, 0) is 43.9 Å². The van der Waals surface area contributed by atoms with Crippen LogP contribution in [-0.4, -0.2) is 76.8 Å². The van der Waals surface area contributed by atoms with Gasteiger partial charge in [0.1, 0.15) is 0 Å². The van der Waals surface area contributed by atoms with Gasteiger partial charge < -0.3 is 25.4 Å². The maximum atomic E-state index is 13.1. The third-order valence-corrected chi connectivity index (χ3v) is 8.20. The molecule has 1 amide bonds. The second kappa shape index (κ2) is 10.8. The van der Waals surface area contributed by atoms with Crippen molar-refractivity contribution in [2.75, 3.05) is 56.6 Å². The number of sulfonamides is 1. The van der Waals surface area contributed by atoms with E-state index in [1.54, 1.807) is 18.2 Å². The molecule has 1 aromatic carbocycles. The van der Waals surface area contributed by atoms with E-state index in [4.69, 9.17) is 9.47 Å². The third kappa shape index (κ3) is 5.92. The summed E-state index contributed by atoms with van der Waals surface area (Å²) in [5.41, 5.74) is 1.36. The van der Waals surface area contributed by atoms with Crippen LogP contribution in [0.5, 0.6) is 0 Å². The molecule has 9 nitrogen and oxygen atoms in total. The highest BCUT2D eigenvalue weighted by atomic mass is 32.2. The van der Waals surface area contributed by atoms with E-state index in [0.717, 1.165) is 50.8 Å². The molecule has 178 valence electrons. The molecule has 3 fully saturated rings. The summed E-state index contributed by atoms with van der Waals surface area (Å²) in [5.74, 6) is -0.0802. The van der Waals surface area contributed by atoms with Gasteiger partial charge in [-0.2, -0.15) is 4.31 Å². The lowest BCUT2D eigenvalue weighted by atomic mass is 10.2. The quantitative estimate of drug-likeness (QED) is 0.509. The molecule has 0 spiro atoms. The number of hydrogen-bond acceptors (Lipinski definition) is 7. The number of amides is 1. The first-order valence-electron chi connectivity index (χ1n) is 11.6. The molecule has 1 saturated carbocycles. The topological polar surface area (TPSA) is 109 Å². The standard InChI is InChI=1S/C22H34N4O5S/c27-22(25-17-4-1-2-5-17)16-24-21-14-19(32(28,29)26-9-12-30-13-10-26)7-8-20(21)23-15-18-6-3-11-31-18/h7-8,14,17-18,23-24H,1-6,9-13,15-16H2,(H,25,27)/t18-/m0/s1. The Morgan fingerprint density at radius 2 is 1.78 bits per heavy atom.